The van der Waals surface area contributed by atoms with Gasteiger partial charge in [0.2, 0.25) is 0 Å². The van der Waals surface area contributed by atoms with Crippen LogP contribution in [0.4, 0.5) is 0 Å². The Kier molecular flexibility index (Phi) is 5.48. The third-order valence-corrected chi connectivity index (χ3v) is 2.19. The van der Waals surface area contributed by atoms with Crippen molar-refractivity contribution in [3.63, 3.8) is 0 Å². The molecule has 0 unspecified atom stereocenters. The summed E-state index contributed by atoms with van der Waals surface area (Å²) in [6.45, 7) is 2.15. The van der Waals surface area contributed by atoms with Crippen molar-refractivity contribution in [2.24, 2.45) is 0 Å². The molecule has 0 aliphatic heterocycles. The van der Waals surface area contributed by atoms with E-state index in [9.17, 15) is 9.90 Å². The van der Waals surface area contributed by atoms with Gasteiger partial charge in [-0.3, -0.25) is 9.67 Å². The number of aromatic nitrogens is 3. The number of carbonyl (C=O) groups excluding carboxylic acids is 1. The van der Waals surface area contributed by atoms with Crippen molar-refractivity contribution < 1.29 is 61.3 Å². The summed E-state index contributed by atoms with van der Waals surface area (Å²) in [4.78, 5) is 14.7. The van der Waals surface area contributed by atoms with Gasteiger partial charge < -0.3 is 9.90 Å². The molecule has 0 amide bonds. The zero-order valence-electron chi connectivity index (χ0n) is 9.75. The van der Waals surface area contributed by atoms with E-state index < -0.39 is 5.97 Å². The summed E-state index contributed by atoms with van der Waals surface area (Å²) in [7, 11) is 0. The molecule has 2 aromatic heterocycles. The fraction of sp³-hybridized carbons (Fsp3) is 0.182. The number of aromatic carboxylic acids is 1. The van der Waals surface area contributed by atoms with Crippen molar-refractivity contribution in [3.05, 3.63) is 47.5 Å². The molecule has 0 fully saturated rings. The Hall–Kier alpha value is -0.534. The molecule has 2 rings (SSSR count). The molecule has 2 heterocycles. The van der Waals surface area contributed by atoms with Crippen LogP contribution < -0.4 is 56.5 Å². The molecule has 0 spiro atoms. The van der Waals surface area contributed by atoms with Crippen molar-refractivity contribution in [2.45, 2.75) is 13.5 Å². The van der Waals surface area contributed by atoms with Crippen molar-refractivity contribution in [3.8, 4) is 0 Å². The third-order valence-electron chi connectivity index (χ3n) is 2.19. The summed E-state index contributed by atoms with van der Waals surface area (Å²) in [5.41, 5.74) is 1.70. The molecular weight excluding hydrogens is 245 g/mol. The van der Waals surface area contributed by atoms with Crippen LogP contribution in [0.5, 0.6) is 0 Å². The minimum absolute atomic E-state index is 0. The van der Waals surface area contributed by atoms with Gasteiger partial charge in [0.15, 0.2) is 0 Å². The number of hydrogen-bond acceptors (Lipinski definition) is 4. The van der Waals surface area contributed by atoms with Gasteiger partial charge in [0.05, 0.1) is 23.9 Å². The van der Waals surface area contributed by atoms with Gasteiger partial charge in [0, 0.05) is 12.4 Å². The maximum atomic E-state index is 10.8. The van der Waals surface area contributed by atoms with Gasteiger partial charge in [-0.25, -0.2) is 0 Å². The zero-order valence-corrected chi connectivity index (χ0v) is 12.9. The van der Waals surface area contributed by atoms with Crippen molar-refractivity contribution in [2.75, 3.05) is 0 Å². The fourth-order valence-corrected chi connectivity index (χ4v) is 1.49. The number of carboxylic acid groups (broad SMARTS) is 1. The van der Waals surface area contributed by atoms with Crippen LogP contribution >= 0.6 is 0 Å². The molecule has 17 heavy (non-hydrogen) atoms. The molecule has 0 aromatic carbocycles. The first-order valence-corrected chi connectivity index (χ1v) is 4.81. The van der Waals surface area contributed by atoms with E-state index in [-0.39, 0.29) is 57.1 Å². The molecule has 6 heteroatoms. The summed E-state index contributed by atoms with van der Waals surface area (Å²) in [5, 5.41) is 14.9. The second-order valence-electron chi connectivity index (χ2n) is 3.47. The van der Waals surface area contributed by atoms with Crippen LogP contribution in [-0.4, -0.2) is 20.7 Å². The second kappa shape index (κ2) is 6.41. The number of pyridine rings is 1. The maximum Gasteiger partial charge on any atom is 1.00 e. The molecule has 0 aliphatic rings. The quantitative estimate of drug-likeness (QED) is 0.548. The molecule has 0 saturated heterocycles. The van der Waals surface area contributed by atoms with Crippen LogP contribution in [0, 0.1) is 6.92 Å². The van der Waals surface area contributed by atoms with E-state index >= 15 is 0 Å². The van der Waals surface area contributed by atoms with Crippen LogP contribution in [0.1, 0.15) is 21.7 Å². The monoisotopic (exact) mass is 255 g/mol. The summed E-state index contributed by atoms with van der Waals surface area (Å²) in [6.07, 6.45) is 3.31. The van der Waals surface area contributed by atoms with Gasteiger partial charge in [0.25, 0.3) is 0 Å². The van der Waals surface area contributed by atoms with Crippen LogP contribution in [-0.2, 0) is 6.54 Å². The molecule has 5 nitrogen and oxygen atoms in total. The van der Waals surface area contributed by atoms with E-state index in [4.69, 9.17) is 0 Å². The Morgan fingerprint density at radius 3 is 2.65 bits per heavy atom. The van der Waals surface area contributed by atoms with Gasteiger partial charge in [-0.15, -0.1) is 0 Å². The first kappa shape index (κ1) is 14.5. The molecule has 0 atom stereocenters. The predicted molar refractivity (Wildman–Crippen MR) is 54.6 cm³/mol. The minimum atomic E-state index is -1.21. The number of aryl methyl sites for hydroxylation is 1. The normalized spacial score (nSPS) is 9.71. The Balaban J connectivity index is 0.00000144. The summed E-state index contributed by atoms with van der Waals surface area (Å²) in [6, 6.07) is 5.13. The van der Waals surface area contributed by atoms with E-state index in [0.29, 0.717) is 12.2 Å². The number of hydrogen-bond donors (Lipinski definition) is 0. The second-order valence-corrected chi connectivity index (χ2v) is 3.47. The zero-order chi connectivity index (χ0) is 11.5. The van der Waals surface area contributed by atoms with E-state index in [0.717, 1.165) is 5.56 Å². The maximum absolute atomic E-state index is 10.8. The van der Waals surface area contributed by atoms with Gasteiger partial charge >= 0.3 is 51.4 Å². The van der Waals surface area contributed by atoms with Gasteiger partial charge in [0.1, 0.15) is 0 Å². The average Bonchev–Trinajstić information content (AvgIpc) is 2.61. The van der Waals surface area contributed by atoms with Gasteiger partial charge in [-0.05, 0) is 30.7 Å². The SMILES string of the molecule is Cc1cc(C(=O)[O-])n(Cc2ccncc2)n1.[K+]. The number of carbonyl (C=O) groups is 1. The van der Waals surface area contributed by atoms with Crippen LogP contribution in [0.3, 0.4) is 0 Å². The first-order chi connectivity index (χ1) is 7.66. The Morgan fingerprint density at radius 1 is 1.41 bits per heavy atom. The van der Waals surface area contributed by atoms with Crippen LogP contribution in [0.15, 0.2) is 30.6 Å². The largest absolute Gasteiger partial charge is 1.00 e. The standard InChI is InChI=1S/C11H11N3O2.K/c1-8-6-10(11(15)16)14(13-8)7-9-2-4-12-5-3-9;/h2-6H,7H2,1H3,(H,15,16);/q;+1/p-1. The van der Waals surface area contributed by atoms with E-state index in [1.54, 1.807) is 19.3 Å². The predicted octanol–water partition coefficient (Wildman–Crippen LogP) is -3.00. The Morgan fingerprint density at radius 2 is 2.06 bits per heavy atom. The smallest absolute Gasteiger partial charge is 0.543 e. The van der Waals surface area contributed by atoms with Gasteiger partial charge in [-0.1, -0.05) is 0 Å². The van der Waals surface area contributed by atoms with Crippen molar-refractivity contribution in [1.82, 2.24) is 14.8 Å². The first-order valence-electron chi connectivity index (χ1n) is 4.81. The van der Waals surface area contributed by atoms with E-state index in [1.807, 2.05) is 12.1 Å². The molecular formula is C11H10KN3O2. The molecule has 2 aromatic rings. The van der Waals surface area contributed by atoms with Crippen LogP contribution in [0.2, 0.25) is 0 Å². The molecule has 0 radical (unpaired) electrons. The van der Waals surface area contributed by atoms with Crippen molar-refractivity contribution >= 4 is 5.97 Å². The van der Waals surface area contributed by atoms with E-state index in [2.05, 4.69) is 10.1 Å². The number of nitrogens with zero attached hydrogens (tertiary/aromatic N) is 3. The van der Waals surface area contributed by atoms with Crippen molar-refractivity contribution in [1.29, 1.82) is 0 Å². The minimum Gasteiger partial charge on any atom is -0.543 e. The number of rotatable bonds is 3. The van der Waals surface area contributed by atoms with Gasteiger partial charge in [-0.2, -0.15) is 5.10 Å². The Labute approximate surface area is 141 Å². The van der Waals surface area contributed by atoms with E-state index in [1.165, 1.54) is 10.7 Å². The topological polar surface area (TPSA) is 70.8 Å². The molecule has 0 saturated carbocycles. The average molecular weight is 255 g/mol. The summed E-state index contributed by atoms with van der Waals surface area (Å²) < 4.78 is 1.42. The molecule has 0 N–H and O–H groups in total. The fourth-order valence-electron chi connectivity index (χ4n) is 1.49. The Bertz CT molecular complexity index is 511. The number of carboxylic acids is 1. The summed E-state index contributed by atoms with van der Waals surface area (Å²) >= 11 is 0. The molecule has 0 aliphatic carbocycles. The molecule has 82 valence electrons. The third kappa shape index (κ3) is 3.72. The van der Waals surface area contributed by atoms with Crippen LogP contribution in [0.25, 0.3) is 0 Å². The summed E-state index contributed by atoms with van der Waals surface area (Å²) in [5.74, 6) is -1.21. The molecule has 0 bridgehead atoms.